The molecule has 1 aliphatic rings. The van der Waals surface area contributed by atoms with E-state index >= 15 is 0 Å². The lowest BCUT2D eigenvalue weighted by Gasteiger charge is -2.40. The number of nitrogens with two attached hydrogens (primary N) is 1. The topological polar surface area (TPSA) is 103 Å². The molecule has 1 aromatic rings. The summed E-state index contributed by atoms with van der Waals surface area (Å²) in [6.07, 6.45) is -0.823. The number of ether oxygens (including phenoxy) is 1. The van der Waals surface area contributed by atoms with Crippen molar-refractivity contribution in [3.63, 3.8) is 0 Å². The van der Waals surface area contributed by atoms with Crippen LogP contribution in [0.5, 0.6) is 0 Å². The molecule has 1 heterocycles. The molecule has 7 nitrogen and oxygen atoms in total. The fourth-order valence-electron chi connectivity index (χ4n) is 2.38. The zero-order valence-electron chi connectivity index (χ0n) is 14.9. The Morgan fingerprint density at radius 1 is 1.52 bits per heavy atom. The predicted molar refractivity (Wildman–Crippen MR) is 95.7 cm³/mol. The SMILES string of the molecule is CN1/C(=N/C(=O)OC(C)(C)C)N[C@](C)(c2cc(N)ccc2F)C[S+]1[O-]. The van der Waals surface area contributed by atoms with Crippen molar-refractivity contribution in [1.82, 2.24) is 9.62 Å². The number of carbonyl (C=O) groups is 1. The summed E-state index contributed by atoms with van der Waals surface area (Å²) >= 11 is -1.51. The van der Waals surface area contributed by atoms with Crippen LogP contribution in [0.2, 0.25) is 0 Å². The van der Waals surface area contributed by atoms with Crippen molar-refractivity contribution >= 4 is 29.1 Å². The second-order valence-electron chi connectivity index (χ2n) is 7.08. The fourth-order valence-corrected chi connectivity index (χ4v) is 3.58. The van der Waals surface area contributed by atoms with E-state index in [9.17, 15) is 13.7 Å². The van der Waals surface area contributed by atoms with Gasteiger partial charge in [0.25, 0.3) is 0 Å². The smallest absolute Gasteiger partial charge is 0.437 e. The number of aliphatic imine (C=N–C) groups is 1. The molecule has 1 unspecified atom stereocenters. The van der Waals surface area contributed by atoms with Crippen LogP contribution in [0.25, 0.3) is 0 Å². The Kier molecular flexibility index (Phi) is 5.19. The first-order valence-corrected chi connectivity index (χ1v) is 8.96. The first kappa shape index (κ1) is 19.3. The van der Waals surface area contributed by atoms with Crippen LogP contribution in [0.4, 0.5) is 14.9 Å². The Morgan fingerprint density at radius 3 is 2.76 bits per heavy atom. The first-order chi connectivity index (χ1) is 11.4. The van der Waals surface area contributed by atoms with Crippen LogP contribution in [-0.2, 0) is 21.6 Å². The molecule has 0 radical (unpaired) electrons. The summed E-state index contributed by atoms with van der Waals surface area (Å²) in [6, 6.07) is 4.18. The first-order valence-electron chi connectivity index (χ1n) is 7.69. The molecule has 9 heteroatoms. The van der Waals surface area contributed by atoms with Gasteiger partial charge in [-0.2, -0.15) is 4.31 Å². The van der Waals surface area contributed by atoms with E-state index in [1.165, 1.54) is 29.6 Å². The van der Waals surface area contributed by atoms with Gasteiger partial charge in [0.05, 0.1) is 18.4 Å². The molecule has 2 atom stereocenters. The number of nitrogens with zero attached hydrogens (tertiary/aromatic N) is 2. The summed E-state index contributed by atoms with van der Waals surface area (Å²) in [5.41, 5.74) is 4.64. The number of hydrogen-bond acceptors (Lipinski definition) is 4. The van der Waals surface area contributed by atoms with Crippen molar-refractivity contribution in [2.24, 2.45) is 4.99 Å². The van der Waals surface area contributed by atoms with Crippen molar-refractivity contribution in [3.05, 3.63) is 29.6 Å². The highest BCUT2D eigenvalue weighted by Gasteiger charge is 2.44. The predicted octanol–water partition coefficient (Wildman–Crippen LogP) is 2.11. The third-order valence-electron chi connectivity index (χ3n) is 3.58. The van der Waals surface area contributed by atoms with Gasteiger partial charge in [-0.05, 0) is 45.9 Å². The maximum absolute atomic E-state index is 14.3. The molecule has 0 spiro atoms. The van der Waals surface area contributed by atoms with Crippen molar-refractivity contribution in [2.45, 2.75) is 38.8 Å². The normalized spacial score (nSPS) is 25.6. The second-order valence-corrected chi connectivity index (χ2v) is 8.55. The number of carbonyl (C=O) groups excluding carboxylic acids is 1. The lowest BCUT2D eigenvalue weighted by Crippen LogP contribution is -2.61. The lowest BCUT2D eigenvalue weighted by atomic mass is 9.93. The second kappa shape index (κ2) is 6.72. The zero-order chi connectivity index (χ0) is 19.0. The molecule has 0 aliphatic carbocycles. The van der Waals surface area contributed by atoms with Gasteiger partial charge >= 0.3 is 6.09 Å². The highest BCUT2D eigenvalue weighted by atomic mass is 32.2. The van der Waals surface area contributed by atoms with Crippen molar-refractivity contribution in [2.75, 3.05) is 18.5 Å². The number of nitrogens with one attached hydrogen (secondary N) is 1. The summed E-state index contributed by atoms with van der Waals surface area (Å²) in [6.45, 7) is 6.83. The van der Waals surface area contributed by atoms with E-state index in [-0.39, 0.29) is 17.3 Å². The molecule has 25 heavy (non-hydrogen) atoms. The van der Waals surface area contributed by atoms with E-state index < -0.39 is 34.4 Å². The highest BCUT2D eigenvalue weighted by molar-refractivity contribution is 7.89. The minimum absolute atomic E-state index is 0.0446. The molecule has 1 saturated heterocycles. The molecular weight excluding hydrogens is 347 g/mol. The Labute approximate surface area is 149 Å². The van der Waals surface area contributed by atoms with Gasteiger partial charge in [-0.25, -0.2) is 9.18 Å². The van der Waals surface area contributed by atoms with Gasteiger partial charge in [-0.3, -0.25) is 0 Å². The third kappa shape index (κ3) is 4.55. The average Bonchev–Trinajstić information content (AvgIpc) is 2.45. The Morgan fingerprint density at radius 2 is 2.16 bits per heavy atom. The van der Waals surface area contributed by atoms with Crippen LogP contribution in [0.3, 0.4) is 0 Å². The van der Waals surface area contributed by atoms with Gasteiger partial charge in [0.2, 0.25) is 5.96 Å². The Hall–Kier alpha value is -2.00. The van der Waals surface area contributed by atoms with E-state index in [1.54, 1.807) is 27.7 Å². The molecule has 2 rings (SSSR count). The molecule has 3 N–H and O–H groups in total. The Balaban J connectivity index is 2.37. The fraction of sp³-hybridized carbons (Fsp3) is 0.500. The molecule has 1 fully saturated rings. The van der Waals surface area contributed by atoms with Gasteiger partial charge in [0.15, 0.2) is 5.75 Å². The molecule has 0 bridgehead atoms. The number of guanidine groups is 1. The molecule has 1 amide bonds. The van der Waals surface area contributed by atoms with Gasteiger partial charge in [0, 0.05) is 11.3 Å². The number of nitrogen functional groups attached to an aromatic ring is 1. The van der Waals surface area contributed by atoms with E-state index in [0.717, 1.165) is 0 Å². The summed E-state index contributed by atoms with van der Waals surface area (Å²) in [5.74, 6) is -0.345. The third-order valence-corrected chi connectivity index (χ3v) is 5.19. The van der Waals surface area contributed by atoms with Gasteiger partial charge in [-0.15, -0.1) is 4.99 Å². The van der Waals surface area contributed by atoms with Crippen molar-refractivity contribution in [3.8, 4) is 0 Å². The summed E-state index contributed by atoms with van der Waals surface area (Å²) in [4.78, 5) is 15.8. The number of benzene rings is 1. The lowest BCUT2D eigenvalue weighted by molar-refractivity contribution is 0.0602. The van der Waals surface area contributed by atoms with E-state index in [4.69, 9.17) is 10.5 Å². The van der Waals surface area contributed by atoms with Crippen LogP contribution >= 0.6 is 0 Å². The van der Waals surface area contributed by atoms with Gasteiger partial charge in [-0.1, -0.05) is 0 Å². The monoisotopic (exact) mass is 370 g/mol. The largest absolute Gasteiger partial charge is 0.593 e. The van der Waals surface area contributed by atoms with Crippen LogP contribution in [-0.4, -0.2) is 39.3 Å². The summed E-state index contributed by atoms with van der Waals surface area (Å²) in [7, 11) is 1.53. The van der Waals surface area contributed by atoms with Gasteiger partial charge < -0.3 is 20.3 Å². The Bertz CT molecular complexity index is 707. The molecule has 1 aromatic carbocycles. The minimum atomic E-state index is -1.51. The van der Waals surface area contributed by atoms with E-state index in [0.29, 0.717) is 5.69 Å². The van der Waals surface area contributed by atoms with E-state index in [2.05, 4.69) is 10.3 Å². The van der Waals surface area contributed by atoms with Crippen LogP contribution < -0.4 is 11.1 Å². The quantitative estimate of drug-likeness (QED) is 0.580. The van der Waals surface area contributed by atoms with Crippen LogP contribution in [0, 0.1) is 5.82 Å². The highest BCUT2D eigenvalue weighted by Crippen LogP contribution is 2.31. The number of rotatable bonds is 1. The molecular formula is C16H23FN4O3S. The van der Waals surface area contributed by atoms with Crippen LogP contribution in [0.1, 0.15) is 33.3 Å². The van der Waals surface area contributed by atoms with Crippen LogP contribution in [0.15, 0.2) is 23.2 Å². The maximum atomic E-state index is 14.3. The molecule has 0 aromatic heterocycles. The summed E-state index contributed by atoms with van der Waals surface area (Å²) in [5, 5.41) is 3.00. The number of hydrogen-bond donors (Lipinski definition) is 2. The number of halogens is 1. The zero-order valence-corrected chi connectivity index (χ0v) is 15.7. The molecule has 0 saturated carbocycles. The number of amides is 1. The standard InChI is InChI=1S/C16H23FN4O3S/c1-15(2,3)24-14(22)19-13-20-16(4,9-25(23)21(13)5)11-8-10(18)6-7-12(11)17/h6-8H,9,18H2,1-5H3,(H,19,20,22)/t16-,25?/m0/s1. The number of anilines is 1. The maximum Gasteiger partial charge on any atom is 0.437 e. The summed E-state index contributed by atoms with van der Waals surface area (Å²) < 4.78 is 33.2. The van der Waals surface area contributed by atoms with E-state index in [1.807, 2.05) is 0 Å². The van der Waals surface area contributed by atoms with Crippen molar-refractivity contribution in [1.29, 1.82) is 0 Å². The van der Waals surface area contributed by atoms with Crippen molar-refractivity contribution < 1.29 is 18.5 Å². The minimum Gasteiger partial charge on any atom is -0.593 e. The van der Waals surface area contributed by atoms with Gasteiger partial charge in [0.1, 0.15) is 17.0 Å². The molecule has 138 valence electrons. The molecule has 1 aliphatic heterocycles. The average molecular weight is 370 g/mol.